The monoisotopic (exact) mass is 811 g/mol. The maximum Gasteiger partial charge on any atom is 0.425 e. The lowest BCUT2D eigenvalue weighted by atomic mass is 10.1. The van der Waals surface area contributed by atoms with Gasteiger partial charge in [-0.25, -0.2) is 0 Å². The third-order valence-corrected chi connectivity index (χ3v) is 8.86. The average molecular weight is 812 g/mol. The van der Waals surface area contributed by atoms with Gasteiger partial charge in [-0.05, 0) is 78.5 Å². The Morgan fingerprint density at radius 1 is 0.667 bits per heavy atom. The fourth-order valence-corrected chi connectivity index (χ4v) is 5.96. The molecule has 0 fully saturated rings. The molecule has 292 valence electrons. The zero-order chi connectivity index (χ0) is 41.1. The van der Waals surface area contributed by atoms with E-state index in [4.69, 9.17) is 22.1 Å². The van der Waals surface area contributed by atoms with E-state index in [-0.39, 0.29) is 28.1 Å². The van der Waals surface area contributed by atoms with Crippen LogP contribution in [0, 0.1) is 6.92 Å². The molecule has 0 atom stereocenters. The molecule has 0 bridgehead atoms. The second-order valence-corrected chi connectivity index (χ2v) is 13.5. The summed E-state index contributed by atoms with van der Waals surface area (Å²) >= 11 is 0. The van der Waals surface area contributed by atoms with Gasteiger partial charge in [-0.1, -0.05) is 36.4 Å². The minimum absolute atomic E-state index is 0.0697. The van der Waals surface area contributed by atoms with Crippen molar-refractivity contribution in [2.45, 2.75) is 18.4 Å². The number of aliphatic hydroxyl groups is 1. The topological polar surface area (TPSA) is 251 Å². The molecule has 0 aliphatic heterocycles. The van der Waals surface area contributed by atoms with Crippen LogP contribution < -0.4 is 14.8 Å². The smallest absolute Gasteiger partial charge is 0.425 e. The second-order valence-electron chi connectivity index (χ2n) is 11.7. The molecule has 6 aromatic carbocycles. The number of aromatic hydroxyl groups is 1. The Labute approximate surface area is 327 Å². The fraction of sp³-hybridized carbons (Fsp3) is 0.105. The third-order valence-electron chi connectivity index (χ3n) is 7.99. The highest BCUT2D eigenvalue weighted by Crippen LogP contribution is 2.44. The summed E-state index contributed by atoms with van der Waals surface area (Å²) in [5, 5.41) is 50.7. The van der Waals surface area contributed by atoms with Gasteiger partial charge in [0.15, 0.2) is 5.75 Å². The summed E-state index contributed by atoms with van der Waals surface area (Å²) in [4.78, 5) is -0.660. The lowest BCUT2D eigenvalue weighted by Crippen LogP contribution is -1.99. The van der Waals surface area contributed by atoms with Crippen molar-refractivity contribution < 1.29 is 45.3 Å². The number of nitrogens with one attached hydrogen (secondary N) is 1. The van der Waals surface area contributed by atoms with Gasteiger partial charge in [-0.15, -0.1) is 33.1 Å². The molecule has 0 radical (unpaired) electrons. The predicted octanol–water partition coefficient (Wildman–Crippen LogP) is 9.60. The number of fused-ring (bicyclic) bond motifs is 1. The largest absolute Gasteiger partial charge is 0.505 e. The van der Waals surface area contributed by atoms with E-state index >= 15 is 0 Å². The molecule has 0 spiro atoms. The highest BCUT2D eigenvalue weighted by molar-refractivity contribution is 7.86. The first-order valence-corrected chi connectivity index (χ1v) is 18.9. The molecule has 6 rings (SSSR count). The summed E-state index contributed by atoms with van der Waals surface area (Å²) in [6, 6.07) is 31.1. The van der Waals surface area contributed by atoms with E-state index in [1.165, 1.54) is 32.4 Å². The van der Waals surface area contributed by atoms with Crippen molar-refractivity contribution in [3.63, 3.8) is 0 Å². The van der Waals surface area contributed by atoms with Crippen LogP contribution in [0.15, 0.2) is 145 Å². The van der Waals surface area contributed by atoms with Gasteiger partial charge in [0.25, 0.3) is 10.1 Å². The Hall–Kier alpha value is -6.93. The number of aryl methyl sites for hydroxylation is 1. The number of nitrogens with zero attached hydrogens (tertiary/aromatic N) is 6. The molecule has 4 N–H and O–H groups in total. The fourth-order valence-electron chi connectivity index (χ4n) is 5.30. The zero-order valence-electron chi connectivity index (χ0n) is 30.3. The first-order valence-electron chi connectivity index (χ1n) is 16.5. The first kappa shape index (κ1) is 41.2. The van der Waals surface area contributed by atoms with Crippen LogP contribution >= 0.6 is 0 Å². The number of methoxy groups -OCH3 is 2. The molecule has 0 unspecified atom stereocenters. The predicted molar refractivity (Wildman–Crippen MR) is 210 cm³/mol. The number of phenols is 1. The van der Waals surface area contributed by atoms with E-state index in [0.29, 0.717) is 33.9 Å². The Balaban J connectivity index is 0.00000148. The van der Waals surface area contributed by atoms with Crippen molar-refractivity contribution in [2.75, 3.05) is 19.5 Å². The van der Waals surface area contributed by atoms with Gasteiger partial charge in [-0.2, -0.15) is 18.6 Å². The molecule has 0 aromatic heterocycles. The third kappa shape index (κ3) is 10.6. The van der Waals surface area contributed by atoms with E-state index in [9.17, 15) is 23.2 Å². The van der Waals surface area contributed by atoms with Crippen LogP contribution in [0.3, 0.4) is 0 Å². The van der Waals surface area contributed by atoms with Crippen molar-refractivity contribution in [3.8, 4) is 17.2 Å². The number of benzene rings is 6. The summed E-state index contributed by atoms with van der Waals surface area (Å²) in [6.07, 6.45) is 0. The van der Waals surface area contributed by atoms with Crippen molar-refractivity contribution >= 4 is 77.0 Å². The summed E-state index contributed by atoms with van der Waals surface area (Å²) in [7, 11) is -5.12. The van der Waals surface area contributed by atoms with Gasteiger partial charge < -0.3 is 25.0 Å². The number of rotatable bonds is 12. The minimum Gasteiger partial charge on any atom is -0.505 e. The standard InChI is InChI=1S/C38H33N7O7S.O3S/c1-23-16-32(34(51-2)20-30(23)41-40-27-12-8-5-9-13-27)43-42-31-21-35(52-3)33(18-25(31)22-46)44-45-37-36(53(48,49)50)19-24-17-28(14-15-29(24)38(37)47)39-26-10-6-4-7-11-26;1-4(2)3/h4-21,39,46-47H,22H2,1-3H3,(H,48,49,50);. The average Bonchev–Trinajstić information content (AvgIpc) is 3.19. The number of anilines is 2. The van der Waals surface area contributed by atoms with E-state index in [0.717, 1.165) is 11.3 Å². The molecule has 0 aliphatic carbocycles. The molecule has 17 nitrogen and oxygen atoms in total. The van der Waals surface area contributed by atoms with Crippen LogP contribution in [0.1, 0.15) is 11.1 Å². The Bertz CT molecular complexity index is 2730. The minimum atomic E-state index is -4.87. The number of hydrogen-bond acceptors (Lipinski definition) is 16. The molecular weight excluding hydrogens is 779 g/mol. The van der Waals surface area contributed by atoms with Crippen LogP contribution in [-0.4, -0.2) is 50.0 Å². The normalized spacial score (nSPS) is 11.5. The van der Waals surface area contributed by atoms with Crippen LogP contribution in [0.2, 0.25) is 0 Å². The number of azo groups is 3. The second kappa shape index (κ2) is 18.6. The lowest BCUT2D eigenvalue weighted by Gasteiger charge is -2.12. The molecule has 0 amide bonds. The van der Waals surface area contributed by atoms with E-state index in [1.807, 2.05) is 67.6 Å². The maximum absolute atomic E-state index is 12.5. The highest BCUT2D eigenvalue weighted by Gasteiger charge is 2.23. The molecular formula is C38H33N7O10S2. The van der Waals surface area contributed by atoms with E-state index in [2.05, 4.69) is 36.0 Å². The van der Waals surface area contributed by atoms with Gasteiger partial charge in [0.05, 0.1) is 37.9 Å². The lowest BCUT2D eigenvalue weighted by molar-refractivity contribution is 0.282. The highest BCUT2D eigenvalue weighted by atomic mass is 32.2. The van der Waals surface area contributed by atoms with Crippen molar-refractivity contribution in [1.82, 2.24) is 0 Å². The quantitative estimate of drug-likeness (QED) is 0.0668. The SMILES string of the molecule is COc1cc(N=Nc2ccccc2)c(C)cc1N=Nc1cc(OC)c(N=Nc2c(S(=O)(=O)O)cc3cc(Nc4ccccc4)ccc3c2O)cc1CO.O=S(=O)=O. The van der Waals surface area contributed by atoms with Crippen molar-refractivity contribution in [3.05, 3.63) is 120 Å². The summed E-state index contributed by atoms with van der Waals surface area (Å²) in [5.41, 5.74) is 3.95. The van der Waals surface area contributed by atoms with Gasteiger partial charge in [0.1, 0.15) is 33.5 Å². The zero-order valence-corrected chi connectivity index (χ0v) is 31.9. The summed E-state index contributed by atoms with van der Waals surface area (Å²) in [6.45, 7) is 1.37. The first-order chi connectivity index (χ1) is 27.3. The summed E-state index contributed by atoms with van der Waals surface area (Å²) < 4.78 is 71.5. The molecule has 19 heteroatoms. The van der Waals surface area contributed by atoms with Gasteiger partial charge in [0, 0.05) is 34.5 Å². The molecule has 6 aromatic rings. The van der Waals surface area contributed by atoms with Gasteiger partial charge in [-0.3, -0.25) is 4.55 Å². The van der Waals surface area contributed by atoms with Crippen LogP contribution in [0.5, 0.6) is 17.2 Å². The maximum atomic E-state index is 12.5. The number of ether oxygens (including phenoxy) is 2. The van der Waals surface area contributed by atoms with Crippen LogP contribution in [-0.2, 0) is 27.3 Å². The molecule has 0 aliphatic rings. The van der Waals surface area contributed by atoms with Gasteiger partial charge in [0.2, 0.25) is 0 Å². The molecule has 57 heavy (non-hydrogen) atoms. The van der Waals surface area contributed by atoms with E-state index in [1.54, 1.807) is 30.3 Å². The summed E-state index contributed by atoms with van der Waals surface area (Å²) in [5.74, 6) is 0.0107. The Morgan fingerprint density at radius 2 is 1.23 bits per heavy atom. The number of phenolic OH excluding ortho intramolecular Hbond substituents is 1. The van der Waals surface area contributed by atoms with Gasteiger partial charge >= 0.3 is 10.6 Å². The molecule has 0 saturated heterocycles. The van der Waals surface area contributed by atoms with Crippen molar-refractivity contribution in [1.29, 1.82) is 0 Å². The number of para-hydroxylation sites is 1. The van der Waals surface area contributed by atoms with Crippen LogP contribution in [0.25, 0.3) is 10.8 Å². The number of hydrogen-bond donors (Lipinski definition) is 4. The van der Waals surface area contributed by atoms with Crippen LogP contribution in [0.4, 0.5) is 45.5 Å². The van der Waals surface area contributed by atoms with E-state index < -0.39 is 43.7 Å². The number of aliphatic hydroxyl groups excluding tert-OH is 1. The van der Waals surface area contributed by atoms with Crippen molar-refractivity contribution in [2.24, 2.45) is 30.7 Å². The molecule has 0 saturated carbocycles. The Morgan fingerprint density at radius 3 is 1.84 bits per heavy atom. The molecule has 0 heterocycles. The Kier molecular flexibility index (Phi) is 13.5.